The molecule has 0 spiro atoms. The van der Waals surface area contributed by atoms with Crippen LogP contribution < -0.4 is 11.5 Å². The van der Waals surface area contributed by atoms with E-state index in [2.05, 4.69) is 27.6 Å². The van der Waals surface area contributed by atoms with E-state index in [0.717, 1.165) is 7.16 Å². The lowest BCUT2D eigenvalue weighted by atomic mass is 10.7. The molecule has 0 aromatic rings. The van der Waals surface area contributed by atoms with Crippen molar-refractivity contribution in [3.05, 3.63) is 19.6 Å². The van der Waals surface area contributed by atoms with E-state index in [1.165, 1.54) is 18.6 Å². The summed E-state index contributed by atoms with van der Waals surface area (Å²) >= 11 is 4.05. The normalized spacial score (nSPS) is 12.2. The Bertz CT molecular complexity index is 221. The molecule has 0 saturated heterocycles. The molecule has 0 heterocycles. The molecule has 13 heavy (non-hydrogen) atoms. The van der Waals surface area contributed by atoms with E-state index in [1.54, 1.807) is 13.3 Å². The minimum absolute atomic E-state index is 0.757. The Hall–Kier alpha value is -0.120. The Balaban J connectivity index is 0. The van der Waals surface area contributed by atoms with Gasteiger partial charge in [-0.15, -0.1) is 0 Å². The Morgan fingerprint density at radius 2 is 1.69 bits per heavy atom. The molecule has 5 N–H and O–H groups in total. The molecule has 4 nitrogen and oxygen atoms in total. The molecule has 0 aliphatic carbocycles. The predicted molar refractivity (Wildman–Crippen MR) is 75.8 cm³/mol. The Kier molecular flexibility index (Phi) is 14.0. The van der Waals surface area contributed by atoms with Crippen molar-refractivity contribution in [1.29, 1.82) is 5.41 Å². The van der Waals surface area contributed by atoms with Gasteiger partial charge in [0.25, 0.3) is 0 Å². The lowest BCUT2D eigenvalue weighted by Crippen LogP contribution is -1.80. The lowest BCUT2D eigenvalue weighted by Gasteiger charge is -1.78. The fraction of sp³-hybridized carbons (Fsp3) is 0.143. The molecule has 74 valence electrons. The Labute approximate surface area is 105 Å². The largest absolute Gasteiger partial charge is 0.404 e. The smallest absolute Gasteiger partial charge is 0.0463 e. The molecule has 0 rings (SSSR count). The highest BCUT2D eigenvalue weighted by molar-refractivity contribution is 14.1. The van der Waals surface area contributed by atoms with Crippen molar-refractivity contribution in [2.24, 2.45) is 16.5 Å². The molecule has 0 atom stereocenters. The van der Waals surface area contributed by atoms with Crippen LogP contribution in [0.4, 0.5) is 0 Å². The standard InChI is InChI=1S/C4H7IN2.C3H5IN2/c1-7-3-4(5)2-6;4-3(1-5)2-6/h2-3H,6H2,1H3;1-2,5H,6H2/b;3-2+,5-1?. The van der Waals surface area contributed by atoms with Crippen molar-refractivity contribution in [2.75, 3.05) is 7.05 Å². The highest BCUT2D eigenvalue weighted by Gasteiger charge is 1.74. The summed E-state index contributed by atoms with van der Waals surface area (Å²) in [5, 5.41) is 6.53. The number of hydrogen-bond donors (Lipinski definition) is 3. The van der Waals surface area contributed by atoms with Crippen LogP contribution in [0, 0.1) is 5.41 Å². The number of hydrogen-bond acceptors (Lipinski definition) is 4. The Morgan fingerprint density at radius 3 is 1.77 bits per heavy atom. The zero-order valence-corrected chi connectivity index (χ0v) is 11.5. The number of allylic oxidation sites excluding steroid dienone is 2. The first kappa shape index (κ1) is 15.4. The van der Waals surface area contributed by atoms with Crippen molar-refractivity contribution in [3.8, 4) is 0 Å². The maximum atomic E-state index is 6.53. The van der Waals surface area contributed by atoms with Gasteiger partial charge in [0.15, 0.2) is 0 Å². The third kappa shape index (κ3) is 14.7. The second kappa shape index (κ2) is 11.9. The molecule has 0 aromatic heterocycles. The molecule has 0 radical (unpaired) electrons. The van der Waals surface area contributed by atoms with Crippen molar-refractivity contribution in [2.45, 2.75) is 0 Å². The van der Waals surface area contributed by atoms with Crippen LogP contribution in [0.1, 0.15) is 0 Å². The fourth-order valence-corrected chi connectivity index (χ4v) is 0.493. The zero-order valence-electron chi connectivity index (χ0n) is 7.17. The fourth-order valence-electron chi connectivity index (χ4n) is 0.214. The SMILES string of the molecule is CN=CC(I)=CN.N=C/C(I)=C\N. The highest BCUT2D eigenvalue weighted by Crippen LogP contribution is 1.97. The van der Waals surface area contributed by atoms with E-state index in [1.807, 2.05) is 22.6 Å². The third-order valence-electron chi connectivity index (χ3n) is 0.709. The summed E-state index contributed by atoms with van der Waals surface area (Å²) in [6.07, 6.45) is 5.78. The van der Waals surface area contributed by atoms with Gasteiger partial charge in [0, 0.05) is 39.0 Å². The monoisotopic (exact) mass is 406 g/mol. The van der Waals surface area contributed by atoms with Gasteiger partial charge in [0.2, 0.25) is 0 Å². The van der Waals surface area contributed by atoms with Gasteiger partial charge in [-0.2, -0.15) is 0 Å². The van der Waals surface area contributed by atoms with Crippen LogP contribution in [0.3, 0.4) is 0 Å². The second-order valence-electron chi connectivity index (χ2n) is 1.63. The molecule has 0 aliphatic rings. The van der Waals surface area contributed by atoms with Crippen LogP contribution >= 0.6 is 45.2 Å². The van der Waals surface area contributed by atoms with Crippen LogP contribution in [-0.4, -0.2) is 19.5 Å². The van der Waals surface area contributed by atoms with Gasteiger partial charge in [-0.3, -0.25) is 4.99 Å². The quantitative estimate of drug-likeness (QED) is 0.483. The summed E-state index contributed by atoms with van der Waals surface area (Å²) in [5.41, 5.74) is 10.1. The summed E-state index contributed by atoms with van der Waals surface area (Å²) in [7, 11) is 1.71. The zero-order chi connectivity index (χ0) is 10.7. The topological polar surface area (TPSA) is 88.2 Å². The molecule has 0 fully saturated rings. The Morgan fingerprint density at radius 1 is 1.23 bits per heavy atom. The van der Waals surface area contributed by atoms with Gasteiger partial charge in [-0.05, 0) is 45.2 Å². The average molecular weight is 406 g/mol. The minimum Gasteiger partial charge on any atom is -0.404 e. The predicted octanol–water partition coefficient (Wildman–Crippen LogP) is 1.79. The number of aliphatic imine (C=N–C) groups is 1. The summed E-state index contributed by atoms with van der Waals surface area (Å²) in [6, 6.07) is 0. The molecule has 0 aromatic carbocycles. The van der Waals surface area contributed by atoms with Crippen LogP contribution in [-0.2, 0) is 0 Å². The summed E-state index contributed by atoms with van der Waals surface area (Å²) in [5.74, 6) is 0. The maximum absolute atomic E-state index is 6.53. The van der Waals surface area contributed by atoms with Crippen LogP contribution in [0.25, 0.3) is 0 Å². The van der Waals surface area contributed by atoms with E-state index >= 15 is 0 Å². The van der Waals surface area contributed by atoms with Crippen LogP contribution in [0.5, 0.6) is 0 Å². The molecular formula is C7H12I2N4. The number of nitrogens with zero attached hydrogens (tertiary/aromatic N) is 1. The van der Waals surface area contributed by atoms with Crippen molar-refractivity contribution in [3.63, 3.8) is 0 Å². The van der Waals surface area contributed by atoms with Gasteiger partial charge in [-0.25, -0.2) is 0 Å². The van der Waals surface area contributed by atoms with Gasteiger partial charge < -0.3 is 16.9 Å². The van der Waals surface area contributed by atoms with E-state index in [9.17, 15) is 0 Å². The van der Waals surface area contributed by atoms with E-state index in [0.29, 0.717) is 0 Å². The molecular weight excluding hydrogens is 394 g/mol. The van der Waals surface area contributed by atoms with Crippen molar-refractivity contribution in [1.82, 2.24) is 0 Å². The number of rotatable bonds is 2. The number of nitrogens with one attached hydrogen (secondary N) is 1. The van der Waals surface area contributed by atoms with E-state index < -0.39 is 0 Å². The number of nitrogens with two attached hydrogens (primary N) is 2. The van der Waals surface area contributed by atoms with Gasteiger partial charge in [0.1, 0.15) is 0 Å². The number of halogens is 2. The van der Waals surface area contributed by atoms with Crippen LogP contribution in [0.15, 0.2) is 24.6 Å². The molecule has 0 bridgehead atoms. The molecule has 0 amide bonds. The van der Waals surface area contributed by atoms with Gasteiger partial charge in [0.05, 0.1) is 0 Å². The molecule has 6 heteroatoms. The molecule has 0 unspecified atom stereocenters. The first-order valence-corrected chi connectivity index (χ1v) is 5.35. The highest BCUT2D eigenvalue weighted by atomic mass is 127. The van der Waals surface area contributed by atoms with Crippen molar-refractivity contribution < 1.29 is 0 Å². The van der Waals surface area contributed by atoms with Gasteiger partial charge in [-0.1, -0.05) is 0 Å². The van der Waals surface area contributed by atoms with Crippen LogP contribution in [0.2, 0.25) is 0 Å². The summed E-state index contributed by atoms with van der Waals surface area (Å²) in [6.45, 7) is 0. The average Bonchev–Trinajstić information content (AvgIpc) is 2.18. The van der Waals surface area contributed by atoms with E-state index in [4.69, 9.17) is 16.9 Å². The first-order chi connectivity index (χ1) is 6.12. The second-order valence-corrected chi connectivity index (χ2v) is 4.13. The first-order valence-electron chi connectivity index (χ1n) is 3.19. The molecule has 0 saturated carbocycles. The minimum atomic E-state index is 0.757. The summed E-state index contributed by atoms with van der Waals surface area (Å²) < 4.78 is 1.72. The summed E-state index contributed by atoms with van der Waals surface area (Å²) in [4.78, 5) is 3.73. The van der Waals surface area contributed by atoms with Gasteiger partial charge >= 0.3 is 0 Å². The molecule has 0 aliphatic heterocycles. The lowest BCUT2D eigenvalue weighted by molar-refractivity contribution is 1.47. The van der Waals surface area contributed by atoms with E-state index in [-0.39, 0.29) is 0 Å². The van der Waals surface area contributed by atoms with Crippen molar-refractivity contribution >= 4 is 57.6 Å². The maximum Gasteiger partial charge on any atom is 0.0463 e. The third-order valence-corrected chi connectivity index (χ3v) is 2.02.